The van der Waals surface area contributed by atoms with Crippen LogP contribution in [0, 0.1) is 6.92 Å². The molecule has 0 aliphatic carbocycles. The number of thiophene rings is 1. The summed E-state index contributed by atoms with van der Waals surface area (Å²) in [6, 6.07) is 1.30. The van der Waals surface area contributed by atoms with Crippen LogP contribution in [0.4, 0.5) is 5.00 Å². The SMILES string of the molecule is CCOC(=O)c1c(NC(=O)CSc2nccc(=O)[nH]2)sc(C)c1CC. The Morgan fingerprint density at radius 2 is 2.16 bits per heavy atom. The Kier molecular flexibility index (Phi) is 6.77. The van der Waals surface area contributed by atoms with Crippen molar-refractivity contribution in [2.75, 3.05) is 17.7 Å². The van der Waals surface area contributed by atoms with Gasteiger partial charge in [0.2, 0.25) is 5.91 Å². The minimum absolute atomic E-state index is 0.0631. The van der Waals surface area contributed by atoms with Crippen molar-refractivity contribution in [1.29, 1.82) is 0 Å². The molecule has 0 bridgehead atoms. The number of thioether (sulfide) groups is 1. The number of amides is 1. The van der Waals surface area contributed by atoms with E-state index in [9.17, 15) is 14.4 Å². The van der Waals surface area contributed by atoms with Crippen LogP contribution in [0.2, 0.25) is 0 Å². The fourth-order valence-corrected chi connectivity index (χ4v) is 4.03. The van der Waals surface area contributed by atoms with Crippen LogP contribution in [0.3, 0.4) is 0 Å². The second kappa shape index (κ2) is 8.82. The van der Waals surface area contributed by atoms with Crippen molar-refractivity contribution >= 4 is 40.0 Å². The van der Waals surface area contributed by atoms with Crippen LogP contribution in [-0.2, 0) is 16.0 Å². The first-order valence-electron chi connectivity index (χ1n) is 7.73. The number of H-pyrrole nitrogens is 1. The van der Waals surface area contributed by atoms with Crippen LogP contribution in [0.15, 0.2) is 22.2 Å². The largest absolute Gasteiger partial charge is 0.462 e. The van der Waals surface area contributed by atoms with Gasteiger partial charge in [-0.25, -0.2) is 9.78 Å². The number of aromatic amines is 1. The van der Waals surface area contributed by atoms with E-state index < -0.39 is 5.97 Å². The minimum Gasteiger partial charge on any atom is -0.462 e. The average molecular weight is 381 g/mol. The molecule has 0 atom stereocenters. The number of nitrogens with one attached hydrogen (secondary N) is 2. The van der Waals surface area contributed by atoms with E-state index >= 15 is 0 Å². The number of carbonyl (C=O) groups excluding carboxylic acids is 2. The van der Waals surface area contributed by atoms with Gasteiger partial charge in [-0.3, -0.25) is 9.59 Å². The van der Waals surface area contributed by atoms with Crippen molar-refractivity contribution in [2.24, 2.45) is 0 Å². The third-order valence-corrected chi connectivity index (χ3v) is 5.23. The third-order valence-electron chi connectivity index (χ3n) is 3.28. The highest BCUT2D eigenvalue weighted by Gasteiger charge is 2.23. The molecule has 2 N–H and O–H groups in total. The summed E-state index contributed by atoms with van der Waals surface area (Å²) in [5.74, 6) is -0.653. The Hall–Kier alpha value is -2.13. The molecule has 0 unspecified atom stereocenters. The highest BCUT2D eigenvalue weighted by atomic mass is 32.2. The summed E-state index contributed by atoms with van der Waals surface area (Å²) in [6.45, 7) is 5.88. The second-order valence-electron chi connectivity index (χ2n) is 4.99. The highest BCUT2D eigenvalue weighted by molar-refractivity contribution is 7.99. The zero-order valence-electron chi connectivity index (χ0n) is 14.2. The Bertz CT molecular complexity index is 829. The Morgan fingerprint density at radius 1 is 1.40 bits per heavy atom. The van der Waals surface area contributed by atoms with Crippen molar-refractivity contribution in [1.82, 2.24) is 9.97 Å². The van der Waals surface area contributed by atoms with Crippen molar-refractivity contribution < 1.29 is 14.3 Å². The lowest BCUT2D eigenvalue weighted by Crippen LogP contribution is -2.17. The van der Waals surface area contributed by atoms with Crippen molar-refractivity contribution in [2.45, 2.75) is 32.3 Å². The summed E-state index contributed by atoms with van der Waals surface area (Å²) in [7, 11) is 0. The third kappa shape index (κ3) is 4.93. The van der Waals surface area contributed by atoms with Crippen LogP contribution in [0.25, 0.3) is 0 Å². The van der Waals surface area contributed by atoms with Gasteiger partial charge >= 0.3 is 5.97 Å². The Labute approximate surface area is 153 Å². The lowest BCUT2D eigenvalue weighted by atomic mass is 10.1. The van der Waals surface area contributed by atoms with Gasteiger partial charge in [0.1, 0.15) is 5.00 Å². The van der Waals surface area contributed by atoms with E-state index in [4.69, 9.17) is 4.74 Å². The Morgan fingerprint density at radius 3 is 2.80 bits per heavy atom. The van der Waals surface area contributed by atoms with E-state index in [1.807, 2.05) is 13.8 Å². The second-order valence-corrected chi connectivity index (χ2v) is 7.18. The first-order valence-corrected chi connectivity index (χ1v) is 9.53. The molecule has 2 aromatic heterocycles. The normalized spacial score (nSPS) is 10.5. The summed E-state index contributed by atoms with van der Waals surface area (Å²) in [5.41, 5.74) is 1.04. The molecule has 2 aromatic rings. The van der Waals surface area contributed by atoms with Gasteiger partial charge in [-0.1, -0.05) is 18.7 Å². The molecule has 0 radical (unpaired) electrons. The topological polar surface area (TPSA) is 101 Å². The highest BCUT2D eigenvalue weighted by Crippen LogP contribution is 2.34. The number of anilines is 1. The molecule has 25 heavy (non-hydrogen) atoms. The van der Waals surface area contributed by atoms with Crippen molar-refractivity contribution in [3.8, 4) is 0 Å². The standard InChI is InChI=1S/C16H19N3O4S2/c1-4-10-9(3)25-14(13(10)15(22)23-5-2)18-12(21)8-24-16-17-7-6-11(20)19-16/h6-7H,4-5,8H2,1-3H3,(H,18,21)(H,17,19,20). The number of rotatable bonds is 7. The molecular formula is C16H19N3O4S2. The maximum atomic E-state index is 12.2. The number of hydrogen-bond acceptors (Lipinski definition) is 7. The molecule has 2 rings (SSSR count). The van der Waals surface area contributed by atoms with Crippen molar-refractivity contribution in [3.63, 3.8) is 0 Å². The van der Waals surface area contributed by atoms with Crippen LogP contribution in [-0.4, -0.2) is 34.2 Å². The molecule has 1 amide bonds. The fourth-order valence-electron chi connectivity index (χ4n) is 2.23. The number of esters is 1. The molecule has 0 fully saturated rings. The van der Waals surface area contributed by atoms with E-state index in [0.29, 0.717) is 22.1 Å². The quantitative estimate of drug-likeness (QED) is 0.434. The van der Waals surface area contributed by atoms with Gasteiger partial charge in [0.15, 0.2) is 5.16 Å². The zero-order valence-corrected chi connectivity index (χ0v) is 15.8. The minimum atomic E-state index is -0.430. The van der Waals surface area contributed by atoms with Crippen LogP contribution >= 0.6 is 23.1 Å². The van der Waals surface area contributed by atoms with E-state index in [1.54, 1.807) is 6.92 Å². The van der Waals surface area contributed by atoms with Crippen LogP contribution in [0.1, 0.15) is 34.6 Å². The maximum Gasteiger partial charge on any atom is 0.341 e. The van der Waals surface area contributed by atoms with Crippen LogP contribution < -0.4 is 10.9 Å². The van der Waals surface area contributed by atoms with E-state index in [-0.39, 0.29) is 23.8 Å². The summed E-state index contributed by atoms with van der Waals surface area (Å²) in [5, 5.41) is 3.63. The molecule has 2 heterocycles. The first-order chi connectivity index (χ1) is 12.0. The predicted octanol–water partition coefficient (Wildman–Crippen LogP) is 2.61. The molecule has 134 valence electrons. The fraction of sp³-hybridized carbons (Fsp3) is 0.375. The van der Waals surface area contributed by atoms with E-state index in [0.717, 1.165) is 22.2 Å². The average Bonchev–Trinajstić information content (AvgIpc) is 2.88. The van der Waals surface area contributed by atoms with E-state index in [2.05, 4.69) is 15.3 Å². The summed E-state index contributed by atoms with van der Waals surface area (Å²) in [6.07, 6.45) is 2.06. The molecule has 0 spiro atoms. The van der Waals surface area contributed by atoms with Gasteiger partial charge in [-0.2, -0.15) is 0 Å². The van der Waals surface area contributed by atoms with Gasteiger partial charge in [0.25, 0.3) is 5.56 Å². The van der Waals surface area contributed by atoms with Gasteiger partial charge < -0.3 is 15.0 Å². The number of nitrogens with zero attached hydrogens (tertiary/aromatic N) is 1. The molecule has 9 heteroatoms. The molecule has 0 aromatic carbocycles. The number of aryl methyl sites for hydroxylation is 1. The maximum absolute atomic E-state index is 12.2. The number of ether oxygens (including phenoxy) is 1. The first kappa shape index (κ1) is 19.2. The lowest BCUT2D eigenvalue weighted by Gasteiger charge is -2.07. The molecule has 0 aliphatic heterocycles. The predicted molar refractivity (Wildman–Crippen MR) is 98.6 cm³/mol. The van der Waals surface area contributed by atoms with Gasteiger partial charge in [-0.15, -0.1) is 11.3 Å². The summed E-state index contributed by atoms with van der Waals surface area (Å²) in [4.78, 5) is 43.2. The molecule has 0 aliphatic rings. The Balaban J connectivity index is 2.12. The molecule has 7 nitrogen and oxygen atoms in total. The summed E-state index contributed by atoms with van der Waals surface area (Å²) < 4.78 is 5.11. The summed E-state index contributed by atoms with van der Waals surface area (Å²) >= 11 is 2.47. The van der Waals surface area contributed by atoms with Gasteiger partial charge in [0.05, 0.1) is 17.9 Å². The number of aromatic nitrogens is 2. The molecular weight excluding hydrogens is 362 g/mol. The number of hydrogen-bond donors (Lipinski definition) is 2. The van der Waals surface area contributed by atoms with Gasteiger partial charge in [0, 0.05) is 17.1 Å². The van der Waals surface area contributed by atoms with Crippen molar-refractivity contribution in [3.05, 3.63) is 38.6 Å². The monoisotopic (exact) mass is 381 g/mol. The molecule has 0 saturated carbocycles. The smallest absolute Gasteiger partial charge is 0.341 e. The number of carbonyl (C=O) groups is 2. The van der Waals surface area contributed by atoms with E-state index in [1.165, 1.54) is 23.6 Å². The van der Waals surface area contributed by atoms with Gasteiger partial charge in [-0.05, 0) is 25.8 Å². The zero-order chi connectivity index (χ0) is 18.4. The molecule has 0 saturated heterocycles. The van der Waals surface area contributed by atoms with Crippen LogP contribution in [0.5, 0.6) is 0 Å². The lowest BCUT2D eigenvalue weighted by molar-refractivity contribution is -0.113.